The Morgan fingerprint density at radius 3 is 2.34 bits per heavy atom. The van der Waals surface area contributed by atoms with Gasteiger partial charge in [-0.25, -0.2) is 12.8 Å². The minimum absolute atomic E-state index is 0.00560. The molecule has 1 saturated carbocycles. The van der Waals surface area contributed by atoms with Crippen LogP contribution in [0.15, 0.2) is 78.9 Å². The Morgan fingerprint density at radius 1 is 0.971 bits per heavy atom. The van der Waals surface area contributed by atoms with Gasteiger partial charge in [0, 0.05) is 6.04 Å². The lowest BCUT2D eigenvalue weighted by molar-refractivity contribution is -0.123. The van der Waals surface area contributed by atoms with Crippen LogP contribution in [0, 0.1) is 12.7 Å². The molecule has 0 spiro atoms. The maximum Gasteiger partial charge on any atom is 0.248 e. The van der Waals surface area contributed by atoms with Crippen molar-refractivity contribution in [3.63, 3.8) is 0 Å². The van der Waals surface area contributed by atoms with Gasteiger partial charge in [0.1, 0.15) is 11.9 Å². The van der Waals surface area contributed by atoms with E-state index in [4.69, 9.17) is 0 Å². The summed E-state index contributed by atoms with van der Waals surface area (Å²) in [5, 5.41) is 3.11. The SMILES string of the molecule is Cc1ccccc1C(C(=O)NC1CCCCC1)N(c1cccc(F)c1)S(=O)(=O)Cc1ccccc1. The average Bonchev–Trinajstić information content (AvgIpc) is 2.84. The zero-order chi connectivity index (χ0) is 24.8. The lowest BCUT2D eigenvalue weighted by Crippen LogP contribution is -2.47. The molecule has 1 fully saturated rings. The van der Waals surface area contributed by atoms with Gasteiger partial charge in [-0.1, -0.05) is 79.9 Å². The molecule has 3 aromatic carbocycles. The molecule has 0 bridgehead atoms. The van der Waals surface area contributed by atoms with Gasteiger partial charge in [-0.2, -0.15) is 0 Å². The smallest absolute Gasteiger partial charge is 0.248 e. The number of halogens is 1. The first-order valence-electron chi connectivity index (χ1n) is 12.0. The van der Waals surface area contributed by atoms with Gasteiger partial charge >= 0.3 is 0 Å². The third kappa shape index (κ3) is 6.09. The van der Waals surface area contributed by atoms with Gasteiger partial charge in [0.25, 0.3) is 0 Å². The fourth-order valence-corrected chi connectivity index (χ4v) is 6.45. The molecule has 1 aliphatic rings. The fraction of sp³-hybridized carbons (Fsp3) is 0.321. The molecule has 1 atom stereocenters. The van der Waals surface area contributed by atoms with Crippen LogP contribution in [0.3, 0.4) is 0 Å². The number of nitrogens with zero attached hydrogens (tertiary/aromatic N) is 1. The summed E-state index contributed by atoms with van der Waals surface area (Å²) < 4.78 is 43.4. The van der Waals surface area contributed by atoms with E-state index in [-0.39, 0.29) is 17.5 Å². The van der Waals surface area contributed by atoms with Crippen LogP contribution in [0.1, 0.15) is 54.8 Å². The molecule has 0 radical (unpaired) electrons. The minimum atomic E-state index is -4.09. The van der Waals surface area contributed by atoms with Crippen molar-refractivity contribution in [2.24, 2.45) is 0 Å². The van der Waals surface area contributed by atoms with Crippen LogP contribution >= 0.6 is 0 Å². The molecule has 3 aromatic rings. The van der Waals surface area contributed by atoms with Crippen molar-refractivity contribution in [3.8, 4) is 0 Å². The number of hydrogen-bond donors (Lipinski definition) is 1. The van der Waals surface area contributed by atoms with Crippen molar-refractivity contribution in [1.82, 2.24) is 5.32 Å². The Kier molecular flexibility index (Phi) is 7.86. The van der Waals surface area contributed by atoms with Crippen molar-refractivity contribution in [1.29, 1.82) is 0 Å². The lowest BCUT2D eigenvalue weighted by atomic mass is 9.94. The summed E-state index contributed by atoms with van der Waals surface area (Å²) >= 11 is 0. The van der Waals surface area contributed by atoms with Crippen molar-refractivity contribution >= 4 is 21.6 Å². The number of nitrogens with one attached hydrogen (secondary N) is 1. The van der Waals surface area contributed by atoms with Gasteiger partial charge in [0.15, 0.2) is 0 Å². The average molecular weight is 495 g/mol. The standard InChI is InChI=1S/C28H31FN2O3S/c1-21-11-8-9-18-26(21)27(28(32)30-24-15-6-3-7-16-24)31(25-17-10-14-23(29)19-25)35(33,34)20-22-12-4-2-5-13-22/h2,4-5,8-14,17-19,24,27H,3,6-7,15-16,20H2,1H3,(H,30,32). The first-order chi connectivity index (χ1) is 16.8. The second-order valence-corrected chi connectivity index (χ2v) is 11.0. The lowest BCUT2D eigenvalue weighted by Gasteiger charge is -2.34. The highest BCUT2D eigenvalue weighted by Crippen LogP contribution is 2.34. The second-order valence-electron chi connectivity index (χ2n) is 9.12. The topological polar surface area (TPSA) is 66.5 Å². The van der Waals surface area contributed by atoms with Crippen molar-refractivity contribution in [2.45, 2.75) is 56.9 Å². The Hall–Kier alpha value is -3.19. The number of aryl methyl sites for hydroxylation is 1. The van der Waals surface area contributed by atoms with Crippen LogP contribution < -0.4 is 9.62 Å². The van der Waals surface area contributed by atoms with Crippen LogP contribution in [0.2, 0.25) is 0 Å². The molecule has 184 valence electrons. The Bertz CT molecular complexity index is 1260. The number of sulfonamides is 1. The number of anilines is 1. The highest BCUT2D eigenvalue weighted by Gasteiger charge is 2.38. The largest absolute Gasteiger partial charge is 0.351 e. The van der Waals surface area contributed by atoms with Crippen molar-refractivity contribution < 1.29 is 17.6 Å². The van der Waals surface area contributed by atoms with E-state index < -0.39 is 27.8 Å². The molecule has 1 aliphatic carbocycles. The maximum absolute atomic E-state index is 14.3. The van der Waals surface area contributed by atoms with E-state index in [1.165, 1.54) is 24.3 Å². The van der Waals surface area contributed by atoms with Crippen LogP contribution in [0.4, 0.5) is 10.1 Å². The molecule has 35 heavy (non-hydrogen) atoms. The van der Waals surface area contributed by atoms with Crippen molar-refractivity contribution in [2.75, 3.05) is 4.31 Å². The fourth-order valence-electron chi connectivity index (χ4n) is 4.73. The molecular formula is C28H31FN2O3S. The van der Waals surface area contributed by atoms with Crippen LogP contribution in [0.5, 0.6) is 0 Å². The molecule has 0 saturated heterocycles. The molecule has 5 nitrogen and oxygen atoms in total. The third-order valence-corrected chi connectivity index (χ3v) is 8.19. The predicted molar refractivity (Wildman–Crippen MR) is 137 cm³/mol. The number of hydrogen-bond acceptors (Lipinski definition) is 3. The van der Waals surface area contributed by atoms with Crippen LogP contribution in [0.25, 0.3) is 0 Å². The summed E-state index contributed by atoms with van der Waals surface area (Å²) in [6.45, 7) is 1.85. The van der Waals surface area contributed by atoms with Gasteiger partial charge in [-0.05, 0) is 54.7 Å². The normalized spacial score (nSPS) is 15.4. The Balaban J connectivity index is 1.83. The van der Waals surface area contributed by atoms with Crippen LogP contribution in [-0.2, 0) is 20.6 Å². The van der Waals surface area contributed by atoms with Gasteiger partial charge in [-0.15, -0.1) is 0 Å². The highest BCUT2D eigenvalue weighted by atomic mass is 32.2. The summed E-state index contributed by atoms with van der Waals surface area (Å²) in [6.07, 6.45) is 4.92. The summed E-state index contributed by atoms with van der Waals surface area (Å²) in [7, 11) is -4.09. The molecule has 0 aromatic heterocycles. The van der Waals surface area contributed by atoms with Gasteiger partial charge in [0.05, 0.1) is 11.4 Å². The second kappa shape index (κ2) is 11.0. The van der Waals surface area contributed by atoms with Gasteiger partial charge < -0.3 is 5.32 Å². The number of benzene rings is 3. The number of carbonyl (C=O) groups is 1. The molecule has 1 amide bonds. The Morgan fingerprint density at radius 2 is 1.66 bits per heavy atom. The van der Waals surface area contributed by atoms with Crippen molar-refractivity contribution in [3.05, 3.63) is 101 Å². The minimum Gasteiger partial charge on any atom is -0.351 e. The number of rotatable bonds is 8. The van der Waals surface area contributed by atoms with E-state index in [9.17, 15) is 17.6 Å². The maximum atomic E-state index is 14.3. The van der Waals surface area contributed by atoms with E-state index in [0.717, 1.165) is 42.0 Å². The molecule has 7 heteroatoms. The van der Waals surface area contributed by atoms with Crippen LogP contribution in [-0.4, -0.2) is 20.4 Å². The molecular weight excluding hydrogens is 463 g/mol. The first kappa shape index (κ1) is 24.9. The number of amides is 1. The molecule has 4 rings (SSSR count). The summed E-state index contributed by atoms with van der Waals surface area (Å²) in [6, 6.07) is 20.3. The molecule has 1 unspecified atom stereocenters. The Labute approximate surface area is 207 Å². The van der Waals surface area contributed by atoms with E-state index in [2.05, 4.69) is 5.32 Å². The number of carbonyl (C=O) groups excluding carboxylic acids is 1. The van der Waals surface area contributed by atoms with E-state index in [1.54, 1.807) is 36.4 Å². The first-order valence-corrected chi connectivity index (χ1v) is 13.6. The van der Waals surface area contributed by atoms with E-state index in [1.807, 2.05) is 25.1 Å². The van der Waals surface area contributed by atoms with E-state index in [0.29, 0.717) is 11.1 Å². The summed E-state index contributed by atoms with van der Waals surface area (Å²) in [5.41, 5.74) is 2.06. The quantitative estimate of drug-likeness (QED) is 0.439. The molecule has 0 aliphatic heterocycles. The summed E-state index contributed by atoms with van der Waals surface area (Å²) in [4.78, 5) is 13.9. The molecule has 0 heterocycles. The van der Waals surface area contributed by atoms with E-state index >= 15 is 0 Å². The third-order valence-electron chi connectivity index (χ3n) is 6.47. The van der Waals surface area contributed by atoms with Gasteiger partial charge in [0.2, 0.25) is 15.9 Å². The van der Waals surface area contributed by atoms with Gasteiger partial charge in [-0.3, -0.25) is 9.10 Å². The highest BCUT2D eigenvalue weighted by molar-refractivity contribution is 7.92. The predicted octanol–water partition coefficient (Wildman–Crippen LogP) is 5.66. The molecule has 1 N–H and O–H groups in total. The zero-order valence-electron chi connectivity index (χ0n) is 19.9. The summed E-state index contributed by atoms with van der Waals surface area (Å²) in [5.74, 6) is -1.28. The monoisotopic (exact) mass is 494 g/mol. The zero-order valence-corrected chi connectivity index (χ0v) is 20.7.